The average Bonchev–Trinajstić information content (AvgIpc) is 3.15. The Labute approximate surface area is 170 Å². The SMILES string of the molecule is Cc1cccc(N2CCN(CCC(C)NC(=O)Cn3ccc([N+](=O)[O-])n3)CC2)c1. The summed E-state index contributed by atoms with van der Waals surface area (Å²) >= 11 is 0. The predicted molar refractivity (Wildman–Crippen MR) is 111 cm³/mol. The number of amides is 1. The van der Waals surface area contributed by atoms with E-state index in [4.69, 9.17) is 0 Å². The molecule has 1 saturated heterocycles. The van der Waals surface area contributed by atoms with Gasteiger partial charge in [0.05, 0.1) is 17.4 Å². The van der Waals surface area contributed by atoms with E-state index in [1.54, 1.807) is 0 Å². The van der Waals surface area contributed by atoms with Gasteiger partial charge in [0.15, 0.2) is 0 Å². The first-order valence-corrected chi connectivity index (χ1v) is 9.92. The van der Waals surface area contributed by atoms with Gasteiger partial charge in [-0.05, 0) is 42.9 Å². The number of carbonyl (C=O) groups is 1. The zero-order valence-electron chi connectivity index (χ0n) is 17.0. The molecule has 1 aliphatic heterocycles. The molecule has 1 amide bonds. The second kappa shape index (κ2) is 9.51. The van der Waals surface area contributed by atoms with Gasteiger partial charge >= 0.3 is 5.82 Å². The molecule has 1 fully saturated rings. The molecule has 9 nitrogen and oxygen atoms in total. The van der Waals surface area contributed by atoms with Gasteiger partial charge in [-0.2, -0.15) is 4.68 Å². The van der Waals surface area contributed by atoms with Crippen LogP contribution in [0.2, 0.25) is 0 Å². The highest BCUT2D eigenvalue weighted by molar-refractivity contribution is 5.75. The van der Waals surface area contributed by atoms with E-state index in [-0.39, 0.29) is 24.3 Å². The first-order valence-electron chi connectivity index (χ1n) is 9.92. The summed E-state index contributed by atoms with van der Waals surface area (Å²) in [6.45, 7) is 9.01. The van der Waals surface area contributed by atoms with Gasteiger partial charge in [-0.1, -0.05) is 12.1 Å². The molecule has 0 bridgehead atoms. The molecule has 29 heavy (non-hydrogen) atoms. The molecule has 2 aromatic rings. The summed E-state index contributed by atoms with van der Waals surface area (Å²) in [6, 6.07) is 9.91. The van der Waals surface area contributed by atoms with Crippen LogP contribution in [0.5, 0.6) is 0 Å². The van der Waals surface area contributed by atoms with Crippen LogP contribution in [0.3, 0.4) is 0 Å². The van der Waals surface area contributed by atoms with Crippen LogP contribution in [-0.4, -0.2) is 64.3 Å². The first kappa shape index (κ1) is 20.8. The van der Waals surface area contributed by atoms with Gasteiger partial charge in [-0.3, -0.25) is 9.69 Å². The average molecular weight is 400 g/mol. The minimum absolute atomic E-state index is 0.0205. The van der Waals surface area contributed by atoms with E-state index in [9.17, 15) is 14.9 Å². The van der Waals surface area contributed by atoms with Crippen LogP contribution in [0.25, 0.3) is 0 Å². The molecule has 1 N–H and O–H groups in total. The Balaban J connectivity index is 1.36. The van der Waals surface area contributed by atoms with E-state index in [0.29, 0.717) is 0 Å². The van der Waals surface area contributed by atoms with Crippen molar-refractivity contribution in [3.63, 3.8) is 0 Å². The molecule has 9 heteroatoms. The van der Waals surface area contributed by atoms with Crippen LogP contribution in [0.4, 0.5) is 11.5 Å². The number of nitrogens with zero attached hydrogens (tertiary/aromatic N) is 5. The van der Waals surface area contributed by atoms with Crippen LogP contribution in [0.15, 0.2) is 36.5 Å². The van der Waals surface area contributed by atoms with Crippen molar-refractivity contribution in [3.8, 4) is 0 Å². The number of aromatic nitrogens is 2. The molecule has 0 aliphatic carbocycles. The molecule has 1 aromatic heterocycles. The number of benzene rings is 1. The molecule has 0 radical (unpaired) electrons. The maximum Gasteiger partial charge on any atom is 0.389 e. The second-order valence-corrected chi connectivity index (χ2v) is 7.55. The molecular weight excluding hydrogens is 372 g/mol. The lowest BCUT2D eigenvalue weighted by atomic mass is 10.1. The second-order valence-electron chi connectivity index (χ2n) is 7.55. The van der Waals surface area contributed by atoms with Crippen molar-refractivity contribution >= 4 is 17.4 Å². The fraction of sp³-hybridized carbons (Fsp3) is 0.500. The van der Waals surface area contributed by atoms with Gasteiger partial charge in [0.2, 0.25) is 5.91 Å². The molecule has 3 rings (SSSR count). The van der Waals surface area contributed by atoms with E-state index in [2.05, 4.69) is 51.4 Å². The van der Waals surface area contributed by atoms with Gasteiger partial charge in [0.25, 0.3) is 0 Å². The van der Waals surface area contributed by atoms with Gasteiger partial charge < -0.3 is 20.3 Å². The summed E-state index contributed by atoms with van der Waals surface area (Å²) < 4.78 is 1.28. The molecule has 2 heterocycles. The lowest BCUT2D eigenvalue weighted by Crippen LogP contribution is -2.47. The Kier molecular flexibility index (Phi) is 6.82. The normalized spacial score (nSPS) is 15.9. The van der Waals surface area contributed by atoms with Gasteiger partial charge in [-0.15, -0.1) is 0 Å². The van der Waals surface area contributed by atoms with Crippen LogP contribution in [0.1, 0.15) is 18.9 Å². The standard InChI is InChI=1S/C20H28N6O3/c1-16-4-3-5-18(14-16)24-12-10-23(11-13-24)8-6-17(2)21-20(27)15-25-9-7-19(22-25)26(28)29/h3-5,7,9,14,17H,6,8,10-13,15H2,1-2H3,(H,21,27). The number of piperazine rings is 1. The van der Waals surface area contributed by atoms with Crippen molar-refractivity contribution in [3.05, 3.63) is 52.2 Å². The molecule has 1 atom stereocenters. The lowest BCUT2D eigenvalue weighted by Gasteiger charge is -2.36. The quantitative estimate of drug-likeness (QED) is 0.536. The minimum atomic E-state index is -0.574. The summed E-state index contributed by atoms with van der Waals surface area (Å²) in [7, 11) is 0. The number of nitro groups is 1. The topological polar surface area (TPSA) is 96.5 Å². The van der Waals surface area contributed by atoms with E-state index in [1.165, 1.54) is 28.2 Å². The number of hydrogen-bond donors (Lipinski definition) is 1. The molecule has 0 spiro atoms. The van der Waals surface area contributed by atoms with Gasteiger partial charge in [0.1, 0.15) is 6.54 Å². The first-order chi connectivity index (χ1) is 13.9. The summed E-state index contributed by atoms with van der Waals surface area (Å²) in [5, 5.41) is 17.3. The van der Waals surface area contributed by atoms with E-state index >= 15 is 0 Å². The third-order valence-corrected chi connectivity index (χ3v) is 5.14. The highest BCUT2D eigenvalue weighted by Crippen LogP contribution is 2.18. The molecule has 1 aromatic carbocycles. The monoisotopic (exact) mass is 400 g/mol. The van der Waals surface area contributed by atoms with E-state index in [0.717, 1.165) is 39.1 Å². The number of anilines is 1. The largest absolute Gasteiger partial charge is 0.389 e. The van der Waals surface area contributed by atoms with Crippen molar-refractivity contribution in [1.29, 1.82) is 0 Å². The molecular formula is C20H28N6O3. The van der Waals surface area contributed by atoms with Crippen molar-refractivity contribution in [1.82, 2.24) is 20.0 Å². The van der Waals surface area contributed by atoms with Crippen molar-refractivity contribution in [2.24, 2.45) is 0 Å². The zero-order valence-corrected chi connectivity index (χ0v) is 17.0. The fourth-order valence-corrected chi connectivity index (χ4v) is 3.51. The number of nitrogens with one attached hydrogen (secondary N) is 1. The molecule has 0 saturated carbocycles. The number of carbonyl (C=O) groups excluding carboxylic acids is 1. The van der Waals surface area contributed by atoms with Crippen LogP contribution < -0.4 is 10.2 Å². The van der Waals surface area contributed by atoms with Crippen molar-refractivity contribution < 1.29 is 9.72 Å². The lowest BCUT2D eigenvalue weighted by molar-refractivity contribution is -0.389. The van der Waals surface area contributed by atoms with E-state index < -0.39 is 4.92 Å². The number of rotatable bonds is 8. The molecule has 1 unspecified atom stereocenters. The predicted octanol–water partition coefficient (Wildman–Crippen LogP) is 1.82. The zero-order chi connectivity index (χ0) is 20.8. The number of hydrogen-bond acceptors (Lipinski definition) is 6. The van der Waals surface area contributed by atoms with Gasteiger partial charge in [-0.25, -0.2) is 0 Å². The third-order valence-electron chi connectivity index (χ3n) is 5.14. The summed E-state index contributed by atoms with van der Waals surface area (Å²) in [6.07, 6.45) is 2.30. The summed E-state index contributed by atoms with van der Waals surface area (Å²) in [4.78, 5) is 27.0. The molecule has 156 valence electrons. The summed E-state index contributed by atoms with van der Waals surface area (Å²) in [5.74, 6) is -0.449. The van der Waals surface area contributed by atoms with Crippen LogP contribution >= 0.6 is 0 Å². The maximum atomic E-state index is 12.1. The maximum absolute atomic E-state index is 12.1. The van der Waals surface area contributed by atoms with Gasteiger partial charge in [0, 0.05) is 44.5 Å². The Bertz CT molecular complexity index is 844. The van der Waals surface area contributed by atoms with Crippen LogP contribution in [-0.2, 0) is 11.3 Å². The Morgan fingerprint density at radius 3 is 2.69 bits per heavy atom. The van der Waals surface area contributed by atoms with E-state index in [1.807, 2.05) is 6.92 Å². The highest BCUT2D eigenvalue weighted by atomic mass is 16.6. The Morgan fingerprint density at radius 2 is 2.03 bits per heavy atom. The molecule has 1 aliphatic rings. The van der Waals surface area contributed by atoms with Crippen molar-refractivity contribution in [2.75, 3.05) is 37.6 Å². The fourth-order valence-electron chi connectivity index (χ4n) is 3.51. The smallest absolute Gasteiger partial charge is 0.369 e. The number of aryl methyl sites for hydroxylation is 1. The van der Waals surface area contributed by atoms with Crippen molar-refractivity contribution in [2.45, 2.75) is 32.9 Å². The highest BCUT2D eigenvalue weighted by Gasteiger charge is 2.19. The Morgan fingerprint density at radius 1 is 1.28 bits per heavy atom. The summed E-state index contributed by atoms with van der Waals surface area (Å²) in [5.41, 5.74) is 2.56. The minimum Gasteiger partial charge on any atom is -0.369 e. The third kappa shape index (κ3) is 6.02. The Hall–Kier alpha value is -2.94. The van der Waals surface area contributed by atoms with Crippen LogP contribution in [0, 0.1) is 17.0 Å².